The van der Waals surface area contributed by atoms with Gasteiger partial charge < -0.3 is 15.3 Å². The summed E-state index contributed by atoms with van der Waals surface area (Å²) in [5.41, 5.74) is 0. The van der Waals surface area contributed by atoms with E-state index in [1.165, 1.54) is 0 Å². The average Bonchev–Trinajstić information content (AvgIpc) is 2.39. The third kappa shape index (κ3) is 3.56. The van der Waals surface area contributed by atoms with Crippen LogP contribution in [0.25, 0.3) is 0 Å². The molecule has 19 heavy (non-hydrogen) atoms. The molecule has 0 aliphatic heterocycles. The minimum absolute atomic E-state index is 0.146. The molecule has 2 atom stereocenters. The van der Waals surface area contributed by atoms with E-state index in [0.29, 0.717) is 12.4 Å². The Bertz CT molecular complexity index is 450. The van der Waals surface area contributed by atoms with Crippen molar-refractivity contribution in [3.8, 4) is 0 Å². The molecule has 1 fully saturated rings. The van der Waals surface area contributed by atoms with E-state index in [2.05, 4.69) is 15.3 Å². The van der Waals surface area contributed by atoms with Gasteiger partial charge in [0.25, 0.3) is 0 Å². The highest BCUT2D eigenvalue weighted by Gasteiger charge is 2.27. The van der Waals surface area contributed by atoms with Crippen molar-refractivity contribution < 1.29 is 9.90 Å². The Morgan fingerprint density at radius 3 is 2.95 bits per heavy atom. The molecule has 0 aromatic carbocycles. The number of aliphatic carboxylic acids is 1. The lowest BCUT2D eigenvalue weighted by molar-refractivity contribution is -0.142. The zero-order valence-electron chi connectivity index (χ0n) is 11.3. The Hall–Kier alpha value is -1.85. The van der Waals surface area contributed by atoms with Gasteiger partial charge in [-0.05, 0) is 25.3 Å². The van der Waals surface area contributed by atoms with Crippen molar-refractivity contribution in [2.75, 3.05) is 24.3 Å². The monoisotopic (exact) mass is 264 g/mol. The molecule has 1 heterocycles. The zero-order chi connectivity index (χ0) is 13.8. The van der Waals surface area contributed by atoms with Gasteiger partial charge in [-0.1, -0.05) is 6.42 Å². The molecule has 0 saturated heterocycles. The first kappa shape index (κ1) is 13.6. The molecule has 1 aliphatic carbocycles. The van der Waals surface area contributed by atoms with E-state index >= 15 is 0 Å². The van der Waals surface area contributed by atoms with E-state index in [0.717, 1.165) is 25.1 Å². The molecule has 6 nitrogen and oxygen atoms in total. The summed E-state index contributed by atoms with van der Waals surface area (Å²) in [6.45, 7) is 0. The highest BCUT2D eigenvalue weighted by atomic mass is 16.4. The van der Waals surface area contributed by atoms with E-state index < -0.39 is 5.97 Å². The number of aromatic nitrogens is 2. The van der Waals surface area contributed by atoms with Crippen molar-refractivity contribution >= 4 is 17.7 Å². The largest absolute Gasteiger partial charge is 0.481 e. The van der Waals surface area contributed by atoms with Crippen molar-refractivity contribution in [3.05, 3.63) is 12.3 Å². The maximum Gasteiger partial charge on any atom is 0.306 e. The predicted octanol–water partition coefficient (Wildman–Crippen LogP) is 1.60. The molecule has 0 spiro atoms. The van der Waals surface area contributed by atoms with Gasteiger partial charge in [0.2, 0.25) is 5.95 Å². The molecule has 1 aromatic rings. The van der Waals surface area contributed by atoms with E-state index in [1.807, 2.05) is 25.1 Å². The fourth-order valence-corrected chi connectivity index (χ4v) is 2.40. The molecule has 1 saturated carbocycles. The first-order chi connectivity index (χ1) is 9.06. The second kappa shape index (κ2) is 5.86. The number of anilines is 2. The van der Waals surface area contributed by atoms with Crippen LogP contribution in [0.4, 0.5) is 11.8 Å². The molecule has 2 N–H and O–H groups in total. The van der Waals surface area contributed by atoms with Crippen LogP contribution in [0.5, 0.6) is 0 Å². The molecular formula is C13H20N4O2. The van der Waals surface area contributed by atoms with Gasteiger partial charge in [-0.2, -0.15) is 4.98 Å². The van der Waals surface area contributed by atoms with Gasteiger partial charge >= 0.3 is 5.97 Å². The van der Waals surface area contributed by atoms with E-state index in [1.54, 1.807) is 6.20 Å². The lowest BCUT2D eigenvalue weighted by atomic mass is 9.86. The Balaban J connectivity index is 2.00. The zero-order valence-corrected chi connectivity index (χ0v) is 11.3. The Labute approximate surface area is 112 Å². The SMILES string of the molecule is CN(C)c1ccnc(NC2CCCC(C(=O)O)C2)n1. The minimum atomic E-state index is -0.700. The van der Waals surface area contributed by atoms with Crippen LogP contribution in [0.1, 0.15) is 25.7 Å². The first-order valence-electron chi connectivity index (χ1n) is 6.56. The van der Waals surface area contributed by atoms with Gasteiger partial charge in [0.15, 0.2) is 0 Å². The Morgan fingerprint density at radius 2 is 2.26 bits per heavy atom. The van der Waals surface area contributed by atoms with E-state index in [4.69, 9.17) is 5.11 Å². The van der Waals surface area contributed by atoms with Crippen LogP contribution in [0, 0.1) is 5.92 Å². The number of carbonyl (C=O) groups is 1. The lowest BCUT2D eigenvalue weighted by Crippen LogP contribution is -2.31. The highest BCUT2D eigenvalue weighted by molar-refractivity contribution is 5.70. The number of hydrogen-bond donors (Lipinski definition) is 2. The van der Waals surface area contributed by atoms with Crippen molar-refractivity contribution in [1.82, 2.24) is 9.97 Å². The van der Waals surface area contributed by atoms with Gasteiger partial charge in [-0.25, -0.2) is 4.98 Å². The smallest absolute Gasteiger partial charge is 0.306 e. The predicted molar refractivity (Wildman–Crippen MR) is 73.4 cm³/mol. The topological polar surface area (TPSA) is 78.4 Å². The fourth-order valence-electron chi connectivity index (χ4n) is 2.40. The molecular weight excluding hydrogens is 244 g/mol. The summed E-state index contributed by atoms with van der Waals surface area (Å²) in [7, 11) is 3.85. The number of rotatable bonds is 4. The van der Waals surface area contributed by atoms with Crippen LogP contribution in [-0.4, -0.2) is 41.2 Å². The Morgan fingerprint density at radius 1 is 1.47 bits per heavy atom. The minimum Gasteiger partial charge on any atom is -0.481 e. The summed E-state index contributed by atoms with van der Waals surface area (Å²) in [6, 6.07) is 1.99. The number of nitrogens with zero attached hydrogens (tertiary/aromatic N) is 3. The van der Waals surface area contributed by atoms with Gasteiger partial charge in [-0.15, -0.1) is 0 Å². The van der Waals surface area contributed by atoms with Gasteiger partial charge in [0.05, 0.1) is 5.92 Å². The molecule has 104 valence electrons. The maximum atomic E-state index is 11.0. The molecule has 6 heteroatoms. The third-order valence-electron chi connectivity index (χ3n) is 3.46. The molecule has 2 unspecified atom stereocenters. The standard InChI is InChI=1S/C13H20N4O2/c1-17(2)11-6-7-14-13(16-11)15-10-5-3-4-9(8-10)12(18)19/h6-7,9-10H,3-5,8H2,1-2H3,(H,18,19)(H,14,15,16). The summed E-state index contributed by atoms with van der Waals surface area (Å²) >= 11 is 0. The quantitative estimate of drug-likeness (QED) is 0.860. The van der Waals surface area contributed by atoms with E-state index in [-0.39, 0.29) is 12.0 Å². The third-order valence-corrected chi connectivity index (χ3v) is 3.46. The van der Waals surface area contributed by atoms with Gasteiger partial charge in [0, 0.05) is 26.3 Å². The van der Waals surface area contributed by atoms with Crippen LogP contribution >= 0.6 is 0 Å². The second-order valence-electron chi connectivity index (χ2n) is 5.18. The van der Waals surface area contributed by atoms with Crippen molar-refractivity contribution in [1.29, 1.82) is 0 Å². The normalized spacial score (nSPS) is 22.8. The average molecular weight is 264 g/mol. The molecule has 1 aromatic heterocycles. The summed E-state index contributed by atoms with van der Waals surface area (Å²) in [5, 5.41) is 12.3. The van der Waals surface area contributed by atoms with Crippen LogP contribution in [0.2, 0.25) is 0 Å². The summed E-state index contributed by atoms with van der Waals surface area (Å²) in [5.74, 6) is 0.461. The lowest BCUT2D eigenvalue weighted by Gasteiger charge is -2.27. The van der Waals surface area contributed by atoms with Crippen molar-refractivity contribution in [2.24, 2.45) is 5.92 Å². The second-order valence-corrected chi connectivity index (χ2v) is 5.18. The first-order valence-corrected chi connectivity index (χ1v) is 6.56. The summed E-state index contributed by atoms with van der Waals surface area (Å²) in [6.07, 6.45) is 5.03. The number of nitrogens with one attached hydrogen (secondary N) is 1. The molecule has 0 radical (unpaired) electrons. The number of hydrogen-bond acceptors (Lipinski definition) is 5. The van der Waals surface area contributed by atoms with Gasteiger partial charge in [0.1, 0.15) is 5.82 Å². The maximum absolute atomic E-state index is 11.0. The molecule has 0 amide bonds. The number of carboxylic acid groups (broad SMARTS) is 1. The summed E-state index contributed by atoms with van der Waals surface area (Å²) < 4.78 is 0. The van der Waals surface area contributed by atoms with Crippen LogP contribution in [0.15, 0.2) is 12.3 Å². The van der Waals surface area contributed by atoms with Crippen LogP contribution in [-0.2, 0) is 4.79 Å². The molecule has 2 rings (SSSR count). The van der Waals surface area contributed by atoms with E-state index in [9.17, 15) is 4.79 Å². The summed E-state index contributed by atoms with van der Waals surface area (Å²) in [4.78, 5) is 21.5. The van der Waals surface area contributed by atoms with Crippen LogP contribution in [0.3, 0.4) is 0 Å². The number of carboxylic acids is 1. The fraction of sp³-hybridized carbons (Fsp3) is 0.615. The van der Waals surface area contributed by atoms with Crippen LogP contribution < -0.4 is 10.2 Å². The van der Waals surface area contributed by atoms with Crippen molar-refractivity contribution in [2.45, 2.75) is 31.7 Å². The van der Waals surface area contributed by atoms with Gasteiger partial charge in [-0.3, -0.25) is 4.79 Å². The molecule has 0 bridgehead atoms. The van der Waals surface area contributed by atoms with Crippen molar-refractivity contribution in [3.63, 3.8) is 0 Å². The Kier molecular flexibility index (Phi) is 4.19. The highest BCUT2D eigenvalue weighted by Crippen LogP contribution is 2.26. The molecule has 1 aliphatic rings.